The van der Waals surface area contributed by atoms with Crippen molar-refractivity contribution >= 4 is 53.5 Å². The number of aryl methyl sites for hydroxylation is 1. The fourth-order valence-corrected chi connectivity index (χ4v) is 8.55. The number of nitrogens with zero attached hydrogens (tertiary/aromatic N) is 3. The van der Waals surface area contributed by atoms with Crippen LogP contribution in [0.4, 0.5) is 21.1 Å². The zero-order valence-electron chi connectivity index (χ0n) is 22.6. The standard InChI is InChI=1S/C26H36BrN5O4Si/c1-8-36-24(35)32-21(29-22(33)26(13-10-14-26)37(5,6)7)17-15-31(25(3,4)20(17)30-32)23(34)28-19-16(2)11-9-12-18(19)27/h9,11-12H,8,10,13-15H2,1-7H3,(H,28,34)(H,29,33). The highest BCUT2D eigenvalue weighted by Gasteiger charge is 2.54. The molecule has 37 heavy (non-hydrogen) atoms. The Morgan fingerprint density at radius 2 is 1.84 bits per heavy atom. The molecule has 0 radical (unpaired) electrons. The summed E-state index contributed by atoms with van der Waals surface area (Å²) in [5, 5.41) is 10.3. The van der Waals surface area contributed by atoms with Crippen LogP contribution in [0.5, 0.6) is 0 Å². The number of urea groups is 1. The number of fused-ring (bicyclic) bond motifs is 1. The smallest absolute Gasteiger partial charge is 0.436 e. The molecule has 1 aliphatic heterocycles. The minimum Gasteiger partial charge on any atom is -0.448 e. The van der Waals surface area contributed by atoms with Crippen LogP contribution >= 0.6 is 15.9 Å². The van der Waals surface area contributed by atoms with Crippen molar-refractivity contribution < 1.29 is 19.1 Å². The second-order valence-electron chi connectivity index (χ2n) is 11.4. The number of para-hydroxylation sites is 1. The average Bonchev–Trinajstić information content (AvgIpc) is 3.23. The summed E-state index contributed by atoms with van der Waals surface area (Å²) < 4.78 is 7.18. The highest BCUT2D eigenvalue weighted by molar-refractivity contribution is 9.10. The van der Waals surface area contributed by atoms with E-state index in [9.17, 15) is 14.4 Å². The lowest BCUT2D eigenvalue weighted by Crippen LogP contribution is -2.52. The molecular weight excluding hydrogens is 554 g/mol. The van der Waals surface area contributed by atoms with Crippen LogP contribution in [0.2, 0.25) is 24.7 Å². The molecule has 1 aliphatic carbocycles. The number of anilines is 2. The zero-order chi connectivity index (χ0) is 27.3. The lowest BCUT2D eigenvalue weighted by atomic mass is 9.83. The first kappa shape index (κ1) is 27.4. The van der Waals surface area contributed by atoms with Gasteiger partial charge in [-0.2, -0.15) is 5.10 Å². The molecule has 2 aliphatic rings. The van der Waals surface area contributed by atoms with Crippen molar-refractivity contribution in [2.45, 2.75) is 83.7 Å². The van der Waals surface area contributed by atoms with Crippen LogP contribution in [-0.4, -0.2) is 47.4 Å². The van der Waals surface area contributed by atoms with Gasteiger partial charge in [0.05, 0.1) is 38.1 Å². The van der Waals surface area contributed by atoms with Crippen LogP contribution in [-0.2, 0) is 21.6 Å². The Kier molecular flexibility index (Phi) is 7.08. The molecule has 0 saturated heterocycles. The molecule has 0 atom stereocenters. The number of halogens is 1. The molecule has 0 spiro atoms. The number of ether oxygens (including phenoxy) is 1. The first-order valence-electron chi connectivity index (χ1n) is 12.7. The molecule has 4 rings (SSSR count). The largest absolute Gasteiger partial charge is 0.448 e. The summed E-state index contributed by atoms with van der Waals surface area (Å²) in [7, 11) is -1.86. The van der Waals surface area contributed by atoms with E-state index in [4.69, 9.17) is 4.74 Å². The summed E-state index contributed by atoms with van der Waals surface area (Å²) in [6.45, 7) is 14.4. The van der Waals surface area contributed by atoms with E-state index < -0.39 is 24.7 Å². The van der Waals surface area contributed by atoms with E-state index in [1.165, 1.54) is 0 Å². The normalized spacial score (nSPS) is 17.6. The molecule has 0 unspecified atom stereocenters. The molecule has 2 N–H and O–H groups in total. The van der Waals surface area contributed by atoms with Crippen LogP contribution in [0.15, 0.2) is 22.7 Å². The topological polar surface area (TPSA) is 106 Å². The molecule has 0 bridgehead atoms. The maximum atomic E-state index is 13.7. The molecule has 1 aromatic heterocycles. The van der Waals surface area contributed by atoms with Gasteiger partial charge in [-0.15, -0.1) is 4.68 Å². The number of benzene rings is 1. The predicted molar refractivity (Wildman–Crippen MR) is 150 cm³/mol. The zero-order valence-corrected chi connectivity index (χ0v) is 25.2. The highest BCUT2D eigenvalue weighted by atomic mass is 79.9. The summed E-state index contributed by atoms with van der Waals surface area (Å²) >= 11 is 3.51. The van der Waals surface area contributed by atoms with Crippen molar-refractivity contribution in [3.05, 3.63) is 39.5 Å². The van der Waals surface area contributed by atoms with Gasteiger partial charge in [-0.25, -0.2) is 9.59 Å². The molecule has 3 amide bonds. The van der Waals surface area contributed by atoms with Crippen LogP contribution < -0.4 is 10.6 Å². The van der Waals surface area contributed by atoms with Gasteiger partial charge in [-0.1, -0.05) is 38.2 Å². The fraction of sp³-hybridized carbons (Fsp3) is 0.538. The highest BCUT2D eigenvalue weighted by Crippen LogP contribution is 2.56. The minimum atomic E-state index is -1.86. The number of rotatable bonds is 5. The summed E-state index contributed by atoms with van der Waals surface area (Å²) in [6, 6.07) is 5.41. The molecule has 1 aromatic carbocycles. The molecule has 11 heteroatoms. The van der Waals surface area contributed by atoms with Gasteiger partial charge in [0.2, 0.25) is 5.91 Å². The second kappa shape index (κ2) is 9.58. The van der Waals surface area contributed by atoms with Gasteiger partial charge in [0, 0.05) is 15.1 Å². The van der Waals surface area contributed by atoms with Crippen molar-refractivity contribution in [2.75, 3.05) is 17.2 Å². The number of hydrogen-bond acceptors (Lipinski definition) is 5. The third-order valence-corrected chi connectivity index (χ3v) is 12.3. The van der Waals surface area contributed by atoms with Crippen molar-refractivity contribution in [1.29, 1.82) is 0 Å². The first-order valence-corrected chi connectivity index (χ1v) is 17.0. The van der Waals surface area contributed by atoms with Crippen molar-refractivity contribution in [3.8, 4) is 0 Å². The maximum absolute atomic E-state index is 13.7. The maximum Gasteiger partial charge on any atom is 0.436 e. The molecule has 2 heterocycles. The van der Waals surface area contributed by atoms with Crippen LogP contribution in [0.25, 0.3) is 0 Å². The van der Waals surface area contributed by atoms with Gasteiger partial charge in [0.15, 0.2) is 0 Å². The van der Waals surface area contributed by atoms with E-state index in [0.29, 0.717) is 22.8 Å². The molecule has 1 fully saturated rings. The number of amides is 3. The summed E-state index contributed by atoms with van der Waals surface area (Å²) in [4.78, 5) is 41.7. The lowest BCUT2D eigenvalue weighted by molar-refractivity contribution is -0.121. The van der Waals surface area contributed by atoms with Gasteiger partial charge in [0.1, 0.15) is 5.82 Å². The minimum absolute atomic E-state index is 0.0734. The van der Waals surface area contributed by atoms with Gasteiger partial charge >= 0.3 is 12.1 Å². The van der Waals surface area contributed by atoms with Crippen molar-refractivity contribution in [3.63, 3.8) is 0 Å². The van der Waals surface area contributed by atoms with E-state index in [1.54, 1.807) is 11.8 Å². The van der Waals surface area contributed by atoms with E-state index in [2.05, 4.69) is 51.3 Å². The van der Waals surface area contributed by atoms with Gasteiger partial charge in [0.25, 0.3) is 0 Å². The monoisotopic (exact) mass is 589 g/mol. The number of carbonyl (C=O) groups is 3. The summed E-state index contributed by atoms with van der Waals surface area (Å²) in [5.41, 5.74) is 2.00. The number of hydrogen-bond donors (Lipinski definition) is 2. The molecule has 9 nitrogen and oxygen atoms in total. The van der Waals surface area contributed by atoms with Crippen molar-refractivity contribution in [1.82, 2.24) is 14.7 Å². The van der Waals surface area contributed by atoms with Crippen LogP contribution in [0.3, 0.4) is 0 Å². The number of nitrogens with one attached hydrogen (secondary N) is 2. The second-order valence-corrected chi connectivity index (χ2v) is 17.7. The Labute approximate surface area is 227 Å². The number of aromatic nitrogens is 2. The van der Waals surface area contributed by atoms with Gasteiger partial charge in [-0.3, -0.25) is 4.79 Å². The van der Waals surface area contributed by atoms with Crippen LogP contribution in [0.1, 0.15) is 56.9 Å². The Morgan fingerprint density at radius 1 is 1.16 bits per heavy atom. The van der Waals surface area contributed by atoms with Gasteiger partial charge in [-0.05, 0) is 68.1 Å². The molecular formula is C26H36BrN5O4Si. The Bertz CT molecular complexity index is 1240. The van der Waals surface area contributed by atoms with E-state index in [1.807, 2.05) is 39.0 Å². The fourth-order valence-electron chi connectivity index (χ4n) is 5.39. The third kappa shape index (κ3) is 4.50. The molecule has 2 aromatic rings. The van der Waals surface area contributed by atoms with E-state index >= 15 is 0 Å². The molecule has 1 saturated carbocycles. The lowest BCUT2D eigenvalue weighted by Gasteiger charge is -2.48. The molecule has 200 valence electrons. The Hall–Kier alpha value is -2.66. The van der Waals surface area contributed by atoms with Crippen LogP contribution in [0, 0.1) is 6.92 Å². The van der Waals surface area contributed by atoms with E-state index in [-0.39, 0.29) is 25.1 Å². The van der Waals surface area contributed by atoms with E-state index in [0.717, 1.165) is 34.0 Å². The predicted octanol–water partition coefficient (Wildman–Crippen LogP) is 6.44. The quantitative estimate of drug-likeness (QED) is 0.390. The SMILES string of the molecule is CCOC(=O)n1nc2c(c1NC(=O)C1([Si](C)(C)C)CCC1)CN(C(=O)Nc1c(C)cccc1Br)C2(C)C. The van der Waals surface area contributed by atoms with Gasteiger partial charge < -0.3 is 20.3 Å². The summed E-state index contributed by atoms with van der Waals surface area (Å²) in [5.74, 6) is 0.221. The average molecular weight is 591 g/mol. The Balaban J connectivity index is 1.70. The Morgan fingerprint density at radius 3 is 2.38 bits per heavy atom. The number of carbonyl (C=O) groups excluding carboxylic acids is 3. The first-order chi connectivity index (χ1) is 17.2. The van der Waals surface area contributed by atoms with Crippen molar-refractivity contribution in [2.24, 2.45) is 0 Å². The summed E-state index contributed by atoms with van der Waals surface area (Å²) in [6.07, 6.45) is 2.05. The third-order valence-electron chi connectivity index (χ3n) is 8.00.